The van der Waals surface area contributed by atoms with Gasteiger partial charge in [0, 0.05) is 25.7 Å². The highest BCUT2D eigenvalue weighted by molar-refractivity contribution is 7.89. The van der Waals surface area contributed by atoms with E-state index in [1.807, 2.05) is 13.8 Å². The van der Waals surface area contributed by atoms with Gasteiger partial charge in [-0.25, -0.2) is 13.2 Å². The highest BCUT2D eigenvalue weighted by Gasteiger charge is 2.30. The molecule has 12 heteroatoms. The number of sulfonamides is 1. The van der Waals surface area contributed by atoms with Crippen molar-refractivity contribution in [1.29, 1.82) is 0 Å². The Bertz CT molecular complexity index is 1120. The number of ether oxygens (including phenoxy) is 3. The summed E-state index contributed by atoms with van der Waals surface area (Å²) >= 11 is 0. The third-order valence-corrected chi connectivity index (χ3v) is 7.15. The van der Waals surface area contributed by atoms with Crippen LogP contribution >= 0.6 is 0 Å². The Kier molecular flexibility index (Phi) is 9.37. The summed E-state index contributed by atoms with van der Waals surface area (Å²) in [4.78, 5) is 12.9. The van der Waals surface area contributed by atoms with Gasteiger partial charge in [0.05, 0.1) is 24.2 Å². The number of fused-ring (bicyclic) bond motifs is 1. The van der Waals surface area contributed by atoms with Crippen LogP contribution in [0.1, 0.15) is 19.4 Å². The lowest BCUT2D eigenvalue weighted by molar-refractivity contribution is 0.0812. The number of rotatable bonds is 13. The van der Waals surface area contributed by atoms with Gasteiger partial charge in [0.1, 0.15) is 12.4 Å². The highest BCUT2D eigenvalue weighted by atomic mass is 32.2. The largest absolute Gasteiger partial charge is 0.491 e. The fourth-order valence-electron chi connectivity index (χ4n) is 3.70. The second-order valence-electron chi connectivity index (χ2n) is 8.76. The summed E-state index contributed by atoms with van der Waals surface area (Å²) in [6.45, 7) is 3.30. The monoisotopic (exact) mass is 524 g/mol. The Morgan fingerprint density at radius 1 is 1.06 bits per heavy atom. The van der Waals surface area contributed by atoms with Crippen molar-refractivity contribution in [3.05, 3.63) is 48.0 Å². The third kappa shape index (κ3) is 7.23. The van der Waals surface area contributed by atoms with Crippen molar-refractivity contribution in [2.75, 3.05) is 39.6 Å². The molecule has 1 aliphatic rings. The Balaban J connectivity index is 1.70. The van der Waals surface area contributed by atoms with Crippen LogP contribution in [-0.4, -0.2) is 84.8 Å². The van der Waals surface area contributed by atoms with Gasteiger partial charge in [-0.05, 0) is 35.7 Å². The van der Waals surface area contributed by atoms with E-state index in [0.717, 1.165) is 9.21 Å². The second kappa shape index (κ2) is 12.3. The Hall–Kier alpha value is -3.06. The van der Waals surface area contributed by atoms with Crippen LogP contribution in [0.3, 0.4) is 0 Å². The molecular weight excluding hydrogens is 492 g/mol. The summed E-state index contributed by atoms with van der Waals surface area (Å²) in [5.41, 5.74) is 0.660. The van der Waals surface area contributed by atoms with Crippen LogP contribution in [0.2, 0.25) is 0 Å². The Morgan fingerprint density at radius 3 is 2.39 bits per heavy atom. The summed E-state index contributed by atoms with van der Waals surface area (Å²) in [5, 5.41) is 29.2. The normalized spacial score (nSPS) is 13.7. The summed E-state index contributed by atoms with van der Waals surface area (Å²) in [5.74, 6) is 1.27. The van der Waals surface area contributed by atoms with E-state index in [1.165, 1.54) is 18.2 Å². The van der Waals surface area contributed by atoms with Gasteiger partial charge in [0.15, 0.2) is 11.5 Å². The Labute approximate surface area is 210 Å². The summed E-state index contributed by atoms with van der Waals surface area (Å²) in [6.07, 6.45) is -2.51. The number of hydrogen-bond donors (Lipinski definition) is 3. The van der Waals surface area contributed by atoms with Gasteiger partial charge in [0.25, 0.3) is 0 Å². The van der Waals surface area contributed by atoms with Gasteiger partial charge >= 0.3 is 6.09 Å². The molecule has 11 nitrogen and oxygen atoms in total. The van der Waals surface area contributed by atoms with Crippen molar-refractivity contribution in [2.45, 2.75) is 31.4 Å². The topological polar surface area (TPSA) is 146 Å². The van der Waals surface area contributed by atoms with Crippen molar-refractivity contribution in [1.82, 2.24) is 9.21 Å². The number of aliphatic hydroxyl groups is 2. The maximum absolute atomic E-state index is 13.4. The SMILES string of the molecule is CC(C)CN(C[C@H](O)CN(Cc1ccc(OCCO)cc1)C(=O)O)S(=O)(=O)c1ccc2c(c1)OCO2. The molecule has 3 rings (SSSR count). The first kappa shape index (κ1) is 27.5. The number of benzene rings is 2. The summed E-state index contributed by atoms with van der Waals surface area (Å²) < 4.78 is 43.8. The number of amides is 1. The molecule has 0 fully saturated rings. The van der Waals surface area contributed by atoms with E-state index in [2.05, 4.69) is 0 Å². The molecule has 1 amide bonds. The molecule has 36 heavy (non-hydrogen) atoms. The zero-order valence-electron chi connectivity index (χ0n) is 20.2. The molecule has 0 aromatic heterocycles. The molecule has 0 unspecified atom stereocenters. The van der Waals surface area contributed by atoms with Crippen LogP contribution in [0, 0.1) is 5.92 Å². The standard InChI is InChI=1S/C24H32N2O9S/c1-17(2)12-26(36(31,32)21-7-8-22-23(11-21)35-16-34-22)15-19(28)14-25(24(29)30)13-18-3-5-20(6-4-18)33-10-9-27/h3-8,11,17,19,27-28H,9-10,12-16H2,1-2H3,(H,29,30)/t19-/m1/s1. The van der Waals surface area contributed by atoms with Crippen LogP contribution < -0.4 is 14.2 Å². The first-order chi connectivity index (χ1) is 17.1. The molecule has 198 valence electrons. The van der Waals surface area contributed by atoms with Crippen molar-refractivity contribution >= 4 is 16.1 Å². The van der Waals surface area contributed by atoms with Gasteiger partial charge in [-0.1, -0.05) is 26.0 Å². The molecule has 0 bridgehead atoms. The van der Waals surface area contributed by atoms with E-state index in [4.69, 9.17) is 19.3 Å². The zero-order valence-corrected chi connectivity index (χ0v) is 21.1. The van der Waals surface area contributed by atoms with Gasteiger partial charge in [-0.2, -0.15) is 4.31 Å². The molecule has 0 spiro atoms. The average Bonchev–Trinajstić information content (AvgIpc) is 3.30. The average molecular weight is 525 g/mol. The zero-order chi connectivity index (χ0) is 26.3. The highest BCUT2D eigenvalue weighted by Crippen LogP contribution is 2.34. The minimum Gasteiger partial charge on any atom is -0.491 e. The van der Waals surface area contributed by atoms with Crippen LogP contribution in [0.4, 0.5) is 4.79 Å². The molecule has 0 saturated carbocycles. The fraction of sp³-hybridized carbons (Fsp3) is 0.458. The minimum atomic E-state index is -4.00. The predicted molar refractivity (Wildman–Crippen MR) is 130 cm³/mol. The first-order valence-corrected chi connectivity index (χ1v) is 12.9. The number of nitrogens with zero attached hydrogens (tertiary/aromatic N) is 2. The number of carboxylic acid groups (broad SMARTS) is 1. The van der Waals surface area contributed by atoms with E-state index in [9.17, 15) is 23.4 Å². The lowest BCUT2D eigenvalue weighted by atomic mass is 10.2. The maximum atomic E-state index is 13.4. The van der Waals surface area contributed by atoms with Gasteiger partial charge in [-0.3, -0.25) is 0 Å². The van der Waals surface area contributed by atoms with Crippen molar-refractivity contribution in [3.63, 3.8) is 0 Å². The van der Waals surface area contributed by atoms with E-state index in [-0.39, 0.29) is 57.0 Å². The minimum absolute atomic E-state index is 0.00167. The van der Waals surface area contributed by atoms with Crippen LogP contribution in [-0.2, 0) is 16.6 Å². The third-order valence-electron chi connectivity index (χ3n) is 5.32. The van der Waals surface area contributed by atoms with Gasteiger partial charge < -0.3 is 34.4 Å². The molecule has 2 aromatic rings. The van der Waals surface area contributed by atoms with E-state index in [1.54, 1.807) is 24.3 Å². The van der Waals surface area contributed by atoms with Crippen molar-refractivity contribution < 1.29 is 42.7 Å². The van der Waals surface area contributed by atoms with Crippen LogP contribution in [0.15, 0.2) is 47.4 Å². The van der Waals surface area contributed by atoms with Crippen LogP contribution in [0.25, 0.3) is 0 Å². The van der Waals surface area contributed by atoms with Gasteiger partial charge in [-0.15, -0.1) is 0 Å². The predicted octanol–water partition coefficient (Wildman–Crippen LogP) is 1.97. The van der Waals surface area contributed by atoms with Crippen molar-refractivity contribution in [3.8, 4) is 17.2 Å². The van der Waals surface area contributed by atoms with E-state index in [0.29, 0.717) is 22.8 Å². The maximum Gasteiger partial charge on any atom is 0.407 e. The molecular formula is C24H32N2O9S. The lowest BCUT2D eigenvalue weighted by Gasteiger charge is -2.29. The second-order valence-corrected chi connectivity index (χ2v) is 10.7. The van der Waals surface area contributed by atoms with Gasteiger partial charge in [0.2, 0.25) is 16.8 Å². The molecule has 0 saturated heterocycles. The number of aliphatic hydroxyl groups excluding tert-OH is 2. The fourth-order valence-corrected chi connectivity index (χ4v) is 5.35. The summed E-state index contributed by atoms with van der Waals surface area (Å²) in [7, 11) is -4.00. The van der Waals surface area contributed by atoms with E-state index >= 15 is 0 Å². The molecule has 2 aromatic carbocycles. The number of hydrogen-bond acceptors (Lipinski definition) is 8. The Morgan fingerprint density at radius 2 is 1.75 bits per heavy atom. The summed E-state index contributed by atoms with van der Waals surface area (Å²) in [6, 6.07) is 11.0. The first-order valence-electron chi connectivity index (χ1n) is 11.5. The number of carbonyl (C=O) groups is 1. The molecule has 0 aliphatic carbocycles. The quantitative estimate of drug-likeness (QED) is 0.358. The molecule has 0 radical (unpaired) electrons. The molecule has 1 heterocycles. The molecule has 1 atom stereocenters. The van der Waals surface area contributed by atoms with E-state index < -0.39 is 22.2 Å². The smallest absolute Gasteiger partial charge is 0.407 e. The molecule has 3 N–H and O–H groups in total. The van der Waals surface area contributed by atoms with Crippen LogP contribution in [0.5, 0.6) is 17.2 Å². The van der Waals surface area contributed by atoms with Crippen molar-refractivity contribution in [2.24, 2.45) is 5.92 Å². The lowest BCUT2D eigenvalue weighted by Crippen LogP contribution is -2.45. The molecule has 1 aliphatic heterocycles.